The summed E-state index contributed by atoms with van der Waals surface area (Å²) in [7, 11) is 5.43. The van der Waals surface area contributed by atoms with Crippen LogP contribution in [0.5, 0.6) is 0 Å². The van der Waals surface area contributed by atoms with E-state index in [-0.39, 0.29) is 0 Å². The van der Waals surface area contributed by atoms with Gasteiger partial charge in [-0.25, -0.2) is 5.84 Å². The maximum absolute atomic E-state index is 5.42. The van der Waals surface area contributed by atoms with Crippen molar-refractivity contribution in [3.8, 4) is 0 Å². The molecule has 0 saturated heterocycles. The summed E-state index contributed by atoms with van der Waals surface area (Å²) in [5.74, 6) is 7.43. The van der Waals surface area contributed by atoms with Gasteiger partial charge in [0.15, 0.2) is 0 Å². The fraction of sp³-hybridized carbons (Fsp3) is 0.750. The summed E-state index contributed by atoms with van der Waals surface area (Å²) >= 11 is 0. The predicted molar refractivity (Wildman–Crippen MR) is 80.9 cm³/mol. The molecule has 0 unspecified atom stereocenters. The zero-order valence-electron chi connectivity index (χ0n) is 12.9. The standard InChI is InChI=1S/C12H25N7O/c1-9(2)8-19(6-7-20-5)12-15-10(17-13)14-11(16-12)18(3)4/h9H,6-8,13H2,1-5H3,(H,14,15,16,17). The van der Waals surface area contributed by atoms with Crippen molar-refractivity contribution in [1.82, 2.24) is 15.0 Å². The molecule has 8 nitrogen and oxygen atoms in total. The molecule has 114 valence electrons. The minimum atomic E-state index is 0.352. The molecule has 0 spiro atoms. The fourth-order valence-corrected chi connectivity index (χ4v) is 1.68. The molecule has 3 N–H and O–H groups in total. The molecule has 0 amide bonds. The minimum absolute atomic E-state index is 0.352. The lowest BCUT2D eigenvalue weighted by atomic mass is 10.2. The highest BCUT2D eigenvalue weighted by Crippen LogP contribution is 2.15. The lowest BCUT2D eigenvalue weighted by molar-refractivity contribution is 0.204. The molecule has 1 rings (SSSR count). The molecule has 0 fully saturated rings. The largest absolute Gasteiger partial charge is 0.383 e. The Kier molecular flexibility index (Phi) is 6.40. The molecule has 0 bridgehead atoms. The van der Waals surface area contributed by atoms with E-state index < -0.39 is 0 Å². The number of rotatable bonds is 8. The van der Waals surface area contributed by atoms with Crippen molar-refractivity contribution < 1.29 is 4.74 Å². The van der Waals surface area contributed by atoms with Crippen LogP contribution in [0.1, 0.15) is 13.8 Å². The minimum Gasteiger partial charge on any atom is -0.383 e. The number of hydrogen-bond donors (Lipinski definition) is 2. The SMILES string of the molecule is COCCN(CC(C)C)c1nc(NN)nc(N(C)C)n1. The van der Waals surface area contributed by atoms with Crippen LogP contribution in [0.2, 0.25) is 0 Å². The van der Waals surface area contributed by atoms with E-state index in [9.17, 15) is 0 Å². The average molecular weight is 283 g/mol. The van der Waals surface area contributed by atoms with Gasteiger partial charge >= 0.3 is 0 Å². The molecular formula is C12H25N7O. The fourth-order valence-electron chi connectivity index (χ4n) is 1.68. The van der Waals surface area contributed by atoms with Gasteiger partial charge in [0.25, 0.3) is 0 Å². The third-order valence-corrected chi connectivity index (χ3v) is 2.57. The Bertz CT molecular complexity index is 411. The summed E-state index contributed by atoms with van der Waals surface area (Å²) in [4.78, 5) is 16.9. The van der Waals surface area contributed by atoms with E-state index >= 15 is 0 Å². The number of hydrogen-bond acceptors (Lipinski definition) is 8. The van der Waals surface area contributed by atoms with E-state index in [2.05, 4.69) is 39.1 Å². The molecule has 1 heterocycles. The highest BCUT2D eigenvalue weighted by Gasteiger charge is 2.15. The first kappa shape index (κ1) is 16.4. The summed E-state index contributed by atoms with van der Waals surface area (Å²) in [6, 6.07) is 0. The Hall–Kier alpha value is -1.67. The van der Waals surface area contributed by atoms with Crippen molar-refractivity contribution in [1.29, 1.82) is 0 Å². The highest BCUT2D eigenvalue weighted by molar-refractivity contribution is 5.44. The number of nitrogens with one attached hydrogen (secondary N) is 1. The Labute approximate surface area is 120 Å². The summed E-state index contributed by atoms with van der Waals surface area (Å²) < 4.78 is 5.15. The molecule has 0 aliphatic heterocycles. The van der Waals surface area contributed by atoms with E-state index in [4.69, 9.17) is 10.6 Å². The van der Waals surface area contributed by atoms with E-state index in [0.717, 1.165) is 13.1 Å². The van der Waals surface area contributed by atoms with Crippen LogP contribution in [-0.2, 0) is 4.74 Å². The second-order valence-electron chi connectivity index (χ2n) is 5.13. The number of aromatic nitrogens is 3. The second kappa shape index (κ2) is 7.81. The van der Waals surface area contributed by atoms with Gasteiger partial charge in [0.1, 0.15) is 0 Å². The molecule has 1 aromatic heterocycles. The first-order chi connectivity index (χ1) is 9.47. The Morgan fingerprint density at radius 3 is 2.35 bits per heavy atom. The van der Waals surface area contributed by atoms with Crippen molar-refractivity contribution in [3.05, 3.63) is 0 Å². The molecule has 0 atom stereocenters. The molecule has 0 saturated carbocycles. The quantitative estimate of drug-likeness (QED) is 0.521. The number of nitrogens with zero attached hydrogens (tertiary/aromatic N) is 5. The van der Waals surface area contributed by atoms with Crippen molar-refractivity contribution in [2.75, 3.05) is 56.1 Å². The van der Waals surface area contributed by atoms with Gasteiger partial charge in [-0.3, -0.25) is 5.43 Å². The topological polar surface area (TPSA) is 92.4 Å². The Morgan fingerprint density at radius 2 is 1.85 bits per heavy atom. The van der Waals surface area contributed by atoms with Crippen LogP contribution in [0, 0.1) is 5.92 Å². The van der Waals surface area contributed by atoms with Crippen LogP contribution in [0.15, 0.2) is 0 Å². The molecule has 0 aliphatic carbocycles. The van der Waals surface area contributed by atoms with E-state index in [1.54, 1.807) is 7.11 Å². The molecule has 0 aliphatic rings. The average Bonchev–Trinajstić information content (AvgIpc) is 2.42. The van der Waals surface area contributed by atoms with Crippen molar-refractivity contribution >= 4 is 17.8 Å². The van der Waals surface area contributed by atoms with Crippen molar-refractivity contribution in [3.63, 3.8) is 0 Å². The number of anilines is 3. The van der Waals surface area contributed by atoms with Gasteiger partial charge in [0.2, 0.25) is 17.8 Å². The van der Waals surface area contributed by atoms with E-state index in [1.807, 2.05) is 19.0 Å². The van der Waals surface area contributed by atoms with Gasteiger partial charge in [-0.2, -0.15) is 15.0 Å². The normalized spacial score (nSPS) is 10.8. The summed E-state index contributed by atoms with van der Waals surface area (Å²) in [6.07, 6.45) is 0. The number of hydrazine groups is 1. The number of methoxy groups -OCH3 is 1. The summed E-state index contributed by atoms with van der Waals surface area (Å²) in [6.45, 7) is 6.47. The molecule has 0 radical (unpaired) electrons. The van der Waals surface area contributed by atoms with Crippen LogP contribution in [-0.4, -0.2) is 55.9 Å². The van der Waals surface area contributed by atoms with Crippen LogP contribution in [0.3, 0.4) is 0 Å². The molecular weight excluding hydrogens is 258 g/mol. The first-order valence-corrected chi connectivity index (χ1v) is 6.61. The van der Waals surface area contributed by atoms with Crippen LogP contribution < -0.4 is 21.1 Å². The van der Waals surface area contributed by atoms with Crippen molar-refractivity contribution in [2.24, 2.45) is 11.8 Å². The van der Waals surface area contributed by atoms with E-state index in [1.165, 1.54) is 0 Å². The molecule has 1 aromatic rings. The summed E-state index contributed by atoms with van der Waals surface area (Å²) in [5, 5.41) is 0. The van der Waals surface area contributed by atoms with Gasteiger partial charge in [0, 0.05) is 34.3 Å². The molecule has 8 heteroatoms. The van der Waals surface area contributed by atoms with Gasteiger partial charge < -0.3 is 14.5 Å². The zero-order valence-corrected chi connectivity index (χ0v) is 12.9. The van der Waals surface area contributed by atoms with Crippen LogP contribution in [0.25, 0.3) is 0 Å². The second-order valence-corrected chi connectivity index (χ2v) is 5.13. The van der Waals surface area contributed by atoms with Crippen molar-refractivity contribution in [2.45, 2.75) is 13.8 Å². The van der Waals surface area contributed by atoms with Crippen LogP contribution >= 0.6 is 0 Å². The Balaban J connectivity index is 3.06. The lowest BCUT2D eigenvalue weighted by Crippen LogP contribution is -2.33. The monoisotopic (exact) mass is 283 g/mol. The van der Waals surface area contributed by atoms with E-state index in [0.29, 0.717) is 30.4 Å². The van der Waals surface area contributed by atoms with Crippen LogP contribution in [0.4, 0.5) is 17.8 Å². The zero-order chi connectivity index (χ0) is 15.1. The highest BCUT2D eigenvalue weighted by atomic mass is 16.5. The maximum Gasteiger partial charge on any atom is 0.243 e. The first-order valence-electron chi connectivity index (χ1n) is 6.61. The van der Waals surface area contributed by atoms with Gasteiger partial charge in [-0.15, -0.1) is 0 Å². The maximum atomic E-state index is 5.42. The Morgan fingerprint density at radius 1 is 1.20 bits per heavy atom. The predicted octanol–water partition coefficient (Wildman–Crippen LogP) is 0.332. The van der Waals surface area contributed by atoms with Gasteiger partial charge in [-0.1, -0.05) is 13.8 Å². The lowest BCUT2D eigenvalue weighted by Gasteiger charge is -2.25. The third-order valence-electron chi connectivity index (χ3n) is 2.57. The van der Waals surface area contributed by atoms with Gasteiger partial charge in [0.05, 0.1) is 6.61 Å². The third kappa shape index (κ3) is 4.78. The molecule has 20 heavy (non-hydrogen) atoms. The number of nitrogens with two attached hydrogens (primary N) is 1. The summed E-state index contributed by atoms with van der Waals surface area (Å²) in [5.41, 5.74) is 2.48. The molecule has 0 aromatic carbocycles. The number of ether oxygens (including phenoxy) is 1. The van der Waals surface area contributed by atoms with Gasteiger partial charge in [-0.05, 0) is 5.92 Å². The smallest absolute Gasteiger partial charge is 0.243 e. The number of nitrogen functional groups attached to an aromatic ring is 1.